The summed E-state index contributed by atoms with van der Waals surface area (Å²) in [5.41, 5.74) is 0.187. The molecule has 3 amide bonds. The summed E-state index contributed by atoms with van der Waals surface area (Å²) in [5.74, 6) is -7.05. The Kier molecular flexibility index (Phi) is 6.78. The lowest BCUT2D eigenvalue weighted by molar-refractivity contribution is -0.198. The highest BCUT2D eigenvalue weighted by molar-refractivity contribution is 6.30. The van der Waals surface area contributed by atoms with Crippen LogP contribution in [0.4, 0.5) is 8.78 Å². The zero-order chi connectivity index (χ0) is 24.6. The van der Waals surface area contributed by atoms with E-state index >= 15 is 0 Å². The predicted octanol–water partition coefficient (Wildman–Crippen LogP) is 1.92. The number of alkyl halides is 2. The van der Waals surface area contributed by atoms with Gasteiger partial charge in [-0.3, -0.25) is 14.4 Å². The maximum Gasteiger partial charge on any atom is 0.256 e. The lowest BCUT2D eigenvalue weighted by Gasteiger charge is -2.54. The first-order valence-electron chi connectivity index (χ1n) is 11.2. The van der Waals surface area contributed by atoms with Gasteiger partial charge in [0.25, 0.3) is 11.8 Å². The van der Waals surface area contributed by atoms with Crippen molar-refractivity contribution >= 4 is 29.3 Å². The van der Waals surface area contributed by atoms with Crippen LogP contribution >= 0.6 is 11.6 Å². The van der Waals surface area contributed by atoms with Crippen LogP contribution in [0.5, 0.6) is 0 Å². The fraction of sp³-hybridized carbons (Fsp3) is 0.565. The molecule has 1 aliphatic carbocycles. The lowest BCUT2D eigenvalue weighted by Crippen LogP contribution is -2.69. The number of rotatable bonds is 6. The van der Waals surface area contributed by atoms with Gasteiger partial charge in [0, 0.05) is 29.9 Å². The minimum Gasteiger partial charge on any atom is -0.378 e. The summed E-state index contributed by atoms with van der Waals surface area (Å²) in [6.07, 6.45) is -1.41. The number of aliphatic hydroxyl groups is 1. The number of halogens is 3. The number of carbonyl (C=O) groups excluding carboxylic acids is 3. The number of nitriles is 1. The Morgan fingerprint density at radius 1 is 1.35 bits per heavy atom. The number of aliphatic hydroxyl groups excluding tert-OH is 1. The minimum absolute atomic E-state index is 0.0368. The van der Waals surface area contributed by atoms with Gasteiger partial charge in [0.05, 0.1) is 12.0 Å². The molecule has 0 radical (unpaired) electrons. The Hall–Kier alpha value is -2.77. The first kappa shape index (κ1) is 24.4. The summed E-state index contributed by atoms with van der Waals surface area (Å²) in [4.78, 5) is 39.4. The van der Waals surface area contributed by atoms with Crippen molar-refractivity contribution in [2.75, 3.05) is 6.54 Å². The predicted molar refractivity (Wildman–Crippen MR) is 116 cm³/mol. The van der Waals surface area contributed by atoms with Crippen molar-refractivity contribution in [2.24, 2.45) is 11.8 Å². The molecule has 2 bridgehead atoms. The average Bonchev–Trinajstić information content (AvgIpc) is 3.20. The molecule has 1 aromatic rings. The SMILES string of the molecule is N#CC(CC1CCNC1=O)NC(=O)C1C2CCC(CC2(F)F)N1C(=O)C(O)c1cccc(Cl)c1. The van der Waals surface area contributed by atoms with E-state index in [1.165, 1.54) is 12.1 Å². The van der Waals surface area contributed by atoms with Crippen molar-refractivity contribution in [3.63, 3.8) is 0 Å². The molecule has 8 nitrogen and oxygen atoms in total. The van der Waals surface area contributed by atoms with Gasteiger partial charge >= 0.3 is 0 Å². The van der Waals surface area contributed by atoms with E-state index in [2.05, 4.69) is 10.6 Å². The van der Waals surface area contributed by atoms with Crippen LogP contribution in [0.2, 0.25) is 5.02 Å². The minimum atomic E-state index is -3.17. The van der Waals surface area contributed by atoms with Gasteiger partial charge in [0.2, 0.25) is 11.8 Å². The highest BCUT2D eigenvalue weighted by Gasteiger charge is 2.61. The number of benzene rings is 1. The van der Waals surface area contributed by atoms with E-state index in [9.17, 15) is 33.5 Å². The van der Waals surface area contributed by atoms with Crippen molar-refractivity contribution in [3.8, 4) is 6.07 Å². The smallest absolute Gasteiger partial charge is 0.256 e. The number of nitrogens with one attached hydrogen (secondary N) is 2. The number of hydrogen-bond acceptors (Lipinski definition) is 5. The summed E-state index contributed by atoms with van der Waals surface area (Å²) in [7, 11) is 0. The van der Waals surface area contributed by atoms with Crippen molar-refractivity contribution in [2.45, 2.75) is 62.3 Å². The molecule has 3 N–H and O–H groups in total. The van der Waals surface area contributed by atoms with Crippen LogP contribution < -0.4 is 10.6 Å². The molecule has 5 rings (SSSR count). The standard InChI is InChI=1S/C23H25ClF2N4O4/c24-14-3-1-2-12(8-14)19(31)22(34)30-16-4-5-17(23(25,26)10-16)18(30)21(33)29-15(11-27)9-13-6-7-28-20(13)32/h1-3,8,13,15-19,31H,4-7,9-10H2,(H,28,32)(H,29,33). The van der Waals surface area contributed by atoms with E-state index in [0.29, 0.717) is 13.0 Å². The summed E-state index contributed by atoms with van der Waals surface area (Å²) in [6, 6.07) is 4.35. The molecule has 6 unspecified atom stereocenters. The first-order valence-corrected chi connectivity index (χ1v) is 11.6. The molecule has 3 heterocycles. The maximum atomic E-state index is 14.8. The Bertz CT molecular complexity index is 1030. The third-order valence-corrected chi connectivity index (χ3v) is 7.25. The molecule has 3 saturated heterocycles. The summed E-state index contributed by atoms with van der Waals surface area (Å²) < 4.78 is 29.6. The van der Waals surface area contributed by atoms with E-state index in [-0.39, 0.29) is 35.8 Å². The monoisotopic (exact) mass is 494 g/mol. The first-order chi connectivity index (χ1) is 16.1. The van der Waals surface area contributed by atoms with Crippen molar-refractivity contribution < 1.29 is 28.3 Å². The third-order valence-electron chi connectivity index (χ3n) is 7.01. The topological polar surface area (TPSA) is 123 Å². The number of amides is 3. The summed E-state index contributed by atoms with van der Waals surface area (Å²) in [5, 5.41) is 25.6. The number of nitrogens with zero attached hydrogens (tertiary/aromatic N) is 2. The molecule has 3 aliphatic heterocycles. The van der Waals surface area contributed by atoms with E-state index in [4.69, 9.17) is 11.6 Å². The second-order valence-electron chi connectivity index (χ2n) is 9.15. The van der Waals surface area contributed by atoms with Crippen LogP contribution in [0.3, 0.4) is 0 Å². The van der Waals surface area contributed by atoms with Gasteiger partial charge in [0.15, 0.2) is 6.10 Å². The normalized spacial score (nSPS) is 29.1. The molecular formula is C23H25ClF2N4O4. The number of fused-ring (bicyclic) bond motifs is 3. The number of piperidine rings is 2. The lowest BCUT2D eigenvalue weighted by atomic mass is 9.71. The molecule has 11 heteroatoms. The van der Waals surface area contributed by atoms with Gasteiger partial charge in [-0.05, 0) is 43.4 Å². The van der Waals surface area contributed by atoms with Gasteiger partial charge < -0.3 is 20.6 Å². The summed E-state index contributed by atoms with van der Waals surface area (Å²) >= 11 is 5.95. The molecule has 0 aromatic heterocycles. The number of carbonyl (C=O) groups is 3. The van der Waals surface area contributed by atoms with Gasteiger partial charge in [0.1, 0.15) is 12.1 Å². The van der Waals surface area contributed by atoms with Crippen molar-refractivity contribution in [1.82, 2.24) is 15.5 Å². The van der Waals surface area contributed by atoms with Crippen LogP contribution in [0, 0.1) is 23.2 Å². The second kappa shape index (κ2) is 9.47. The molecule has 1 saturated carbocycles. The van der Waals surface area contributed by atoms with Gasteiger partial charge in [-0.15, -0.1) is 0 Å². The fourth-order valence-corrected chi connectivity index (χ4v) is 5.54. The zero-order valence-corrected chi connectivity index (χ0v) is 19.0. The molecule has 34 heavy (non-hydrogen) atoms. The molecule has 0 spiro atoms. The van der Waals surface area contributed by atoms with E-state index in [1.807, 2.05) is 6.07 Å². The van der Waals surface area contributed by atoms with Crippen LogP contribution in [-0.2, 0) is 14.4 Å². The molecular weight excluding hydrogens is 470 g/mol. The molecule has 182 valence electrons. The fourth-order valence-electron chi connectivity index (χ4n) is 5.34. The molecule has 4 fully saturated rings. The largest absolute Gasteiger partial charge is 0.378 e. The Morgan fingerprint density at radius 3 is 2.74 bits per heavy atom. The van der Waals surface area contributed by atoms with Gasteiger partial charge in [-0.25, -0.2) is 8.78 Å². The van der Waals surface area contributed by atoms with E-state index < -0.39 is 60.2 Å². The second-order valence-corrected chi connectivity index (χ2v) is 9.59. The van der Waals surface area contributed by atoms with Crippen LogP contribution in [0.15, 0.2) is 24.3 Å². The average molecular weight is 495 g/mol. The van der Waals surface area contributed by atoms with Crippen LogP contribution in [0.1, 0.15) is 43.8 Å². The van der Waals surface area contributed by atoms with Crippen LogP contribution in [-0.4, -0.2) is 58.3 Å². The summed E-state index contributed by atoms with van der Waals surface area (Å²) in [6.45, 7) is 0.470. The number of hydrogen-bond donors (Lipinski definition) is 3. The van der Waals surface area contributed by atoms with Gasteiger partial charge in [-0.1, -0.05) is 23.7 Å². The Labute approximate surface area is 200 Å². The Balaban J connectivity index is 1.58. The van der Waals surface area contributed by atoms with Gasteiger partial charge in [-0.2, -0.15) is 5.26 Å². The van der Waals surface area contributed by atoms with Crippen molar-refractivity contribution in [3.05, 3.63) is 34.9 Å². The van der Waals surface area contributed by atoms with E-state index in [1.54, 1.807) is 12.1 Å². The Morgan fingerprint density at radius 2 is 2.12 bits per heavy atom. The highest BCUT2D eigenvalue weighted by Crippen LogP contribution is 2.49. The van der Waals surface area contributed by atoms with Crippen molar-refractivity contribution in [1.29, 1.82) is 5.26 Å². The zero-order valence-electron chi connectivity index (χ0n) is 18.2. The molecule has 4 aliphatic rings. The molecule has 1 aromatic carbocycles. The quantitative estimate of drug-likeness (QED) is 0.557. The van der Waals surface area contributed by atoms with Crippen LogP contribution in [0.25, 0.3) is 0 Å². The highest BCUT2D eigenvalue weighted by atomic mass is 35.5. The maximum absolute atomic E-state index is 14.8. The third kappa shape index (κ3) is 4.59. The molecule has 6 atom stereocenters. The van der Waals surface area contributed by atoms with E-state index in [0.717, 1.165) is 4.90 Å².